The van der Waals surface area contributed by atoms with E-state index in [1.807, 2.05) is 0 Å². The van der Waals surface area contributed by atoms with Crippen molar-refractivity contribution in [2.75, 3.05) is 13.7 Å². The van der Waals surface area contributed by atoms with E-state index < -0.39 is 17.9 Å². The minimum Gasteiger partial charge on any atom is -0.480 e. The molecule has 138 valence electrons. The van der Waals surface area contributed by atoms with E-state index in [2.05, 4.69) is 10.4 Å². The van der Waals surface area contributed by atoms with Gasteiger partial charge in [0.05, 0.1) is 5.69 Å². The van der Waals surface area contributed by atoms with Gasteiger partial charge in [-0.15, -0.1) is 0 Å². The van der Waals surface area contributed by atoms with Gasteiger partial charge >= 0.3 is 5.97 Å². The number of rotatable bonds is 7. The number of nitrogens with one attached hydrogen (secondary N) is 1. The Morgan fingerprint density at radius 3 is 2.73 bits per heavy atom. The first-order chi connectivity index (χ1) is 12.5. The number of carboxylic acids is 1. The lowest BCUT2D eigenvalue weighted by atomic mass is 10.1. The van der Waals surface area contributed by atoms with Gasteiger partial charge in [0.2, 0.25) is 0 Å². The number of amides is 1. The Morgan fingerprint density at radius 2 is 2.08 bits per heavy atom. The summed E-state index contributed by atoms with van der Waals surface area (Å²) in [4.78, 5) is 24.0. The van der Waals surface area contributed by atoms with E-state index in [1.165, 1.54) is 19.2 Å². The third-order valence-corrected chi connectivity index (χ3v) is 4.43. The molecule has 1 aliphatic carbocycles. The van der Waals surface area contributed by atoms with E-state index in [-0.39, 0.29) is 24.5 Å². The molecule has 0 bridgehead atoms. The summed E-state index contributed by atoms with van der Waals surface area (Å²) < 4.78 is 19.7. The molecule has 26 heavy (non-hydrogen) atoms. The lowest BCUT2D eigenvalue weighted by Crippen LogP contribution is -2.42. The van der Waals surface area contributed by atoms with Crippen LogP contribution in [0.25, 0.3) is 5.69 Å². The molecule has 1 unspecified atom stereocenters. The normalized spacial score (nSPS) is 14.1. The molecule has 0 aliphatic heterocycles. The van der Waals surface area contributed by atoms with Crippen molar-refractivity contribution in [2.24, 2.45) is 0 Å². The highest BCUT2D eigenvalue weighted by molar-refractivity contribution is 5.96. The third kappa shape index (κ3) is 3.60. The largest absolute Gasteiger partial charge is 0.480 e. The van der Waals surface area contributed by atoms with Crippen LogP contribution in [0.3, 0.4) is 0 Å². The van der Waals surface area contributed by atoms with Crippen LogP contribution >= 0.6 is 0 Å². The van der Waals surface area contributed by atoms with E-state index in [0.29, 0.717) is 12.1 Å². The lowest BCUT2D eigenvalue weighted by molar-refractivity contribution is -0.139. The van der Waals surface area contributed by atoms with Crippen LogP contribution < -0.4 is 5.32 Å². The van der Waals surface area contributed by atoms with Crippen molar-refractivity contribution in [3.63, 3.8) is 0 Å². The minimum absolute atomic E-state index is 0.165. The zero-order chi connectivity index (χ0) is 18.7. The van der Waals surface area contributed by atoms with Crippen LogP contribution in [0.1, 0.15) is 34.6 Å². The summed E-state index contributed by atoms with van der Waals surface area (Å²) in [6, 6.07) is 4.82. The number of carbonyl (C=O) groups excluding carboxylic acids is 1. The number of halogens is 1. The monoisotopic (exact) mass is 361 g/mol. The van der Waals surface area contributed by atoms with Gasteiger partial charge in [0.25, 0.3) is 5.91 Å². The molecule has 0 saturated heterocycles. The predicted molar refractivity (Wildman–Crippen MR) is 90.9 cm³/mol. The average Bonchev–Trinajstić information content (AvgIpc) is 3.21. The van der Waals surface area contributed by atoms with Crippen LogP contribution in [0, 0.1) is 5.82 Å². The molecule has 0 saturated carbocycles. The van der Waals surface area contributed by atoms with Gasteiger partial charge in [-0.1, -0.05) is 0 Å². The highest BCUT2D eigenvalue weighted by Crippen LogP contribution is 2.28. The van der Waals surface area contributed by atoms with Gasteiger partial charge in [0.15, 0.2) is 5.69 Å². The number of aromatic nitrogens is 2. The van der Waals surface area contributed by atoms with Gasteiger partial charge in [-0.3, -0.25) is 4.79 Å². The van der Waals surface area contributed by atoms with Gasteiger partial charge < -0.3 is 15.2 Å². The molecule has 2 N–H and O–H groups in total. The van der Waals surface area contributed by atoms with E-state index in [4.69, 9.17) is 4.74 Å². The minimum atomic E-state index is -1.12. The predicted octanol–water partition coefficient (Wildman–Crippen LogP) is 1.72. The van der Waals surface area contributed by atoms with Crippen molar-refractivity contribution in [1.29, 1.82) is 0 Å². The number of fused-ring (bicyclic) bond motifs is 1. The smallest absolute Gasteiger partial charge is 0.326 e. The van der Waals surface area contributed by atoms with Gasteiger partial charge in [-0.05, 0) is 43.5 Å². The highest BCUT2D eigenvalue weighted by Gasteiger charge is 2.29. The van der Waals surface area contributed by atoms with Gasteiger partial charge in [-0.25, -0.2) is 13.9 Å². The van der Waals surface area contributed by atoms with E-state index >= 15 is 0 Å². The lowest BCUT2D eigenvalue weighted by Gasteiger charge is -2.13. The standard InChI is InChI=1S/C18H20FN3O4/c1-26-10-9-14(18(24)25)20-17(23)16-13-3-2-4-15(13)22(21-16)12-7-5-11(19)6-8-12/h5-8,14H,2-4,9-10H2,1H3,(H,20,23)(H,24,25). The molecule has 3 rings (SSSR count). The fourth-order valence-electron chi connectivity index (χ4n) is 3.14. The number of hydrogen-bond donors (Lipinski definition) is 2. The van der Waals surface area contributed by atoms with E-state index in [9.17, 15) is 19.1 Å². The Bertz CT molecular complexity index is 817. The number of benzene rings is 1. The number of nitrogens with zero attached hydrogens (tertiary/aromatic N) is 2. The molecule has 0 spiro atoms. The summed E-state index contributed by atoms with van der Waals surface area (Å²) in [5.74, 6) is -1.99. The summed E-state index contributed by atoms with van der Waals surface area (Å²) in [6.45, 7) is 0.222. The molecule has 1 atom stereocenters. The summed E-state index contributed by atoms with van der Waals surface area (Å²) >= 11 is 0. The molecule has 0 fully saturated rings. The summed E-state index contributed by atoms with van der Waals surface area (Å²) in [6.07, 6.45) is 2.52. The number of methoxy groups -OCH3 is 1. The molecular weight excluding hydrogens is 341 g/mol. The number of aliphatic carboxylic acids is 1. The number of ether oxygens (including phenoxy) is 1. The molecule has 8 heteroatoms. The molecule has 2 aromatic rings. The first-order valence-corrected chi connectivity index (χ1v) is 8.40. The summed E-state index contributed by atoms with van der Waals surface area (Å²) in [5.41, 5.74) is 2.62. The quantitative estimate of drug-likeness (QED) is 0.783. The van der Waals surface area contributed by atoms with Crippen molar-refractivity contribution in [1.82, 2.24) is 15.1 Å². The van der Waals surface area contributed by atoms with Crippen molar-refractivity contribution < 1.29 is 23.8 Å². The Hall–Kier alpha value is -2.74. The van der Waals surface area contributed by atoms with E-state index in [1.54, 1.807) is 16.8 Å². The molecule has 1 aromatic heterocycles. The van der Waals surface area contributed by atoms with Crippen LogP contribution in [0.15, 0.2) is 24.3 Å². The molecule has 1 aromatic carbocycles. The summed E-state index contributed by atoms with van der Waals surface area (Å²) in [7, 11) is 1.47. The van der Waals surface area contributed by atoms with Gasteiger partial charge in [0.1, 0.15) is 11.9 Å². The second-order valence-electron chi connectivity index (χ2n) is 6.16. The number of hydrogen-bond acceptors (Lipinski definition) is 4. The molecule has 0 radical (unpaired) electrons. The Balaban J connectivity index is 1.88. The zero-order valence-corrected chi connectivity index (χ0v) is 14.4. The van der Waals surface area contributed by atoms with Crippen LogP contribution in [0.4, 0.5) is 4.39 Å². The highest BCUT2D eigenvalue weighted by atomic mass is 19.1. The Morgan fingerprint density at radius 1 is 1.35 bits per heavy atom. The fraction of sp³-hybridized carbons (Fsp3) is 0.389. The summed E-state index contributed by atoms with van der Waals surface area (Å²) in [5, 5.41) is 16.2. The van der Waals surface area contributed by atoms with Crippen LogP contribution in [0.5, 0.6) is 0 Å². The second kappa shape index (κ2) is 7.65. The average molecular weight is 361 g/mol. The SMILES string of the molecule is COCCC(NC(=O)c1nn(-c2ccc(F)cc2)c2c1CCC2)C(=O)O. The van der Waals surface area contributed by atoms with Crippen LogP contribution in [0.2, 0.25) is 0 Å². The van der Waals surface area contributed by atoms with Crippen LogP contribution in [-0.2, 0) is 22.4 Å². The molecule has 1 heterocycles. The topological polar surface area (TPSA) is 93.5 Å². The maximum absolute atomic E-state index is 13.2. The molecule has 1 amide bonds. The zero-order valence-electron chi connectivity index (χ0n) is 14.4. The van der Waals surface area contributed by atoms with E-state index in [0.717, 1.165) is 24.1 Å². The maximum atomic E-state index is 13.2. The first kappa shape index (κ1) is 18.1. The van der Waals surface area contributed by atoms with Crippen molar-refractivity contribution in [3.05, 3.63) is 47.0 Å². The molecule has 7 nitrogen and oxygen atoms in total. The van der Waals surface area contributed by atoms with Crippen molar-refractivity contribution in [3.8, 4) is 5.69 Å². The van der Waals surface area contributed by atoms with Gasteiger partial charge in [-0.2, -0.15) is 5.10 Å². The van der Waals surface area contributed by atoms with Crippen LogP contribution in [-0.4, -0.2) is 46.5 Å². The second-order valence-corrected chi connectivity index (χ2v) is 6.16. The Kier molecular flexibility index (Phi) is 5.32. The Labute approximate surface area is 149 Å². The third-order valence-electron chi connectivity index (χ3n) is 4.43. The molecular formula is C18H20FN3O4. The number of carbonyl (C=O) groups is 2. The first-order valence-electron chi connectivity index (χ1n) is 8.40. The maximum Gasteiger partial charge on any atom is 0.326 e. The molecule has 1 aliphatic rings. The van der Waals surface area contributed by atoms with Crippen molar-refractivity contribution in [2.45, 2.75) is 31.7 Å². The fourth-order valence-corrected chi connectivity index (χ4v) is 3.14. The van der Waals surface area contributed by atoms with Crippen molar-refractivity contribution >= 4 is 11.9 Å². The number of carboxylic acid groups (broad SMARTS) is 1. The van der Waals surface area contributed by atoms with Gasteiger partial charge in [0, 0.05) is 31.4 Å².